The molecule has 0 amide bonds. The first kappa shape index (κ1) is 34.2. The number of hydrogen-bond donors (Lipinski definition) is 0. The monoisotopic (exact) mass is 784 g/mol. The van der Waals surface area contributed by atoms with Gasteiger partial charge in [-0.1, -0.05) is 146 Å². The lowest BCUT2D eigenvalue weighted by molar-refractivity contribution is 1.17. The second-order valence-electron chi connectivity index (χ2n) is 15.0. The molecule has 12 rings (SSSR count). The van der Waals surface area contributed by atoms with Crippen molar-refractivity contribution in [3.63, 3.8) is 0 Å². The second-order valence-corrected chi connectivity index (χ2v) is 15.5. The van der Waals surface area contributed by atoms with Crippen molar-refractivity contribution in [3.05, 3.63) is 194 Å². The predicted octanol–water partition coefficient (Wildman–Crippen LogP) is 13.6. The smallest absolute Gasteiger partial charge is 0.160 e. The molecule has 0 atom stereocenters. The van der Waals surface area contributed by atoms with Crippen molar-refractivity contribution in [2.75, 3.05) is 0 Å². The lowest BCUT2D eigenvalue weighted by atomic mass is 9.96. The predicted molar refractivity (Wildman–Crippen MR) is 247 cm³/mol. The molecule has 0 radical (unpaired) electrons. The molecule has 0 bridgehead atoms. The fraction of sp³-hybridized carbons (Fsp3) is 0. The molecule has 4 aromatic heterocycles. The number of aromatic nitrogens is 6. The first-order valence-corrected chi connectivity index (χ1v) is 20.6. The van der Waals surface area contributed by atoms with Gasteiger partial charge in [-0.15, -0.1) is 0 Å². The highest BCUT2D eigenvalue weighted by Gasteiger charge is 2.17. The van der Waals surface area contributed by atoms with Crippen molar-refractivity contribution in [2.24, 2.45) is 0 Å². The molecule has 0 aliphatic rings. The Hall–Kier alpha value is -7.87. The van der Waals surface area contributed by atoms with E-state index in [9.17, 15) is 0 Å². The van der Waals surface area contributed by atoms with E-state index in [0.717, 1.165) is 88.9 Å². The van der Waals surface area contributed by atoms with Gasteiger partial charge in [0, 0.05) is 54.9 Å². The standard InChI is InChI=1S/C53H32N6S/c1-3-11-36(12-4-1)51-43-29-30-44-52(58-60-57-44)50(43)42-28-25-38(31-47(42)54-51)33-19-21-34(22-20-33)45-32-46(56-53(55-45)37-13-5-2-6-14-37)35-23-26-39(27-24-35)59-48-17-9-7-15-40(48)41-16-8-10-18-49(41)59/h1-32H. The van der Waals surface area contributed by atoms with Gasteiger partial charge in [0.15, 0.2) is 5.82 Å². The highest BCUT2D eigenvalue weighted by Crippen LogP contribution is 2.39. The number of benzene rings is 8. The molecule has 8 aromatic carbocycles. The molecule has 60 heavy (non-hydrogen) atoms. The van der Waals surface area contributed by atoms with Crippen molar-refractivity contribution >= 4 is 66.2 Å². The summed E-state index contributed by atoms with van der Waals surface area (Å²) in [6.07, 6.45) is 0. The number of nitrogens with zero attached hydrogens (tertiary/aromatic N) is 6. The van der Waals surface area contributed by atoms with Crippen LogP contribution in [0, 0.1) is 0 Å². The van der Waals surface area contributed by atoms with E-state index in [1.807, 2.05) is 30.3 Å². The third-order valence-corrected chi connectivity index (χ3v) is 12.0. The summed E-state index contributed by atoms with van der Waals surface area (Å²) in [5, 5.41) is 5.71. The highest BCUT2D eigenvalue weighted by atomic mass is 32.1. The van der Waals surface area contributed by atoms with Crippen LogP contribution in [0.1, 0.15) is 0 Å². The Morgan fingerprint density at radius 3 is 1.62 bits per heavy atom. The van der Waals surface area contributed by atoms with Crippen LogP contribution in [-0.4, -0.2) is 28.3 Å². The van der Waals surface area contributed by atoms with Gasteiger partial charge in [0.1, 0.15) is 11.0 Å². The molecular weight excluding hydrogens is 753 g/mol. The van der Waals surface area contributed by atoms with Crippen LogP contribution in [0.15, 0.2) is 194 Å². The number of para-hydroxylation sites is 2. The van der Waals surface area contributed by atoms with Gasteiger partial charge in [0.2, 0.25) is 0 Å². The fourth-order valence-electron chi connectivity index (χ4n) is 8.61. The summed E-state index contributed by atoms with van der Waals surface area (Å²) in [6, 6.07) is 67.9. The summed E-state index contributed by atoms with van der Waals surface area (Å²) < 4.78 is 11.6. The number of rotatable bonds is 6. The lowest BCUT2D eigenvalue weighted by Crippen LogP contribution is -1.97. The van der Waals surface area contributed by atoms with Crippen LogP contribution in [0.2, 0.25) is 0 Å². The summed E-state index contributed by atoms with van der Waals surface area (Å²) in [5.74, 6) is 0.685. The lowest BCUT2D eigenvalue weighted by Gasteiger charge is -2.13. The van der Waals surface area contributed by atoms with Gasteiger partial charge in [-0.25, -0.2) is 15.0 Å². The Morgan fingerprint density at radius 2 is 0.933 bits per heavy atom. The van der Waals surface area contributed by atoms with Crippen molar-refractivity contribution in [2.45, 2.75) is 0 Å². The van der Waals surface area contributed by atoms with Gasteiger partial charge in [-0.3, -0.25) is 0 Å². The van der Waals surface area contributed by atoms with Crippen LogP contribution >= 0.6 is 11.7 Å². The SMILES string of the molecule is c1ccc(-c2nc(-c3ccc(-c4ccc5c(c4)nc(-c4ccccc4)c4ccc6nsnc6c45)cc3)cc(-c3ccc(-n4c5ccccc5c5ccccc54)cc3)n2)cc1. The molecule has 6 nitrogen and oxygen atoms in total. The van der Waals surface area contributed by atoms with E-state index in [4.69, 9.17) is 19.3 Å². The maximum atomic E-state index is 5.28. The van der Waals surface area contributed by atoms with Gasteiger partial charge < -0.3 is 4.57 Å². The molecule has 0 saturated carbocycles. The van der Waals surface area contributed by atoms with E-state index >= 15 is 0 Å². The van der Waals surface area contributed by atoms with Crippen LogP contribution in [0.25, 0.3) is 116 Å². The Labute approximate surface area is 349 Å². The zero-order chi connectivity index (χ0) is 39.6. The summed E-state index contributed by atoms with van der Waals surface area (Å²) in [7, 11) is 0. The van der Waals surface area contributed by atoms with E-state index < -0.39 is 0 Å². The van der Waals surface area contributed by atoms with Crippen molar-refractivity contribution < 1.29 is 0 Å². The van der Waals surface area contributed by atoms with Gasteiger partial charge in [-0.2, -0.15) is 8.75 Å². The van der Waals surface area contributed by atoms with E-state index in [1.165, 1.54) is 33.5 Å². The largest absolute Gasteiger partial charge is 0.309 e. The molecular formula is C53H32N6S. The Morgan fingerprint density at radius 1 is 0.367 bits per heavy atom. The Kier molecular flexibility index (Phi) is 7.92. The Bertz CT molecular complexity index is 3520. The molecule has 0 spiro atoms. The molecule has 0 unspecified atom stereocenters. The van der Waals surface area contributed by atoms with Crippen LogP contribution in [0.3, 0.4) is 0 Å². The quantitative estimate of drug-likeness (QED) is 0.157. The second kappa shape index (κ2) is 13.9. The minimum absolute atomic E-state index is 0.685. The molecule has 7 heteroatoms. The highest BCUT2D eigenvalue weighted by molar-refractivity contribution is 7.00. The molecule has 0 aliphatic carbocycles. The molecule has 4 heterocycles. The molecule has 0 fully saturated rings. The summed E-state index contributed by atoms with van der Waals surface area (Å²) in [6.45, 7) is 0. The topological polar surface area (TPSA) is 69.4 Å². The van der Waals surface area contributed by atoms with Crippen LogP contribution in [0.4, 0.5) is 0 Å². The minimum Gasteiger partial charge on any atom is -0.309 e. The molecule has 0 N–H and O–H groups in total. The molecule has 280 valence electrons. The van der Waals surface area contributed by atoms with E-state index in [2.05, 4.69) is 173 Å². The van der Waals surface area contributed by atoms with Gasteiger partial charge in [0.05, 0.1) is 45.4 Å². The average molecular weight is 785 g/mol. The Balaban J connectivity index is 0.934. The average Bonchev–Trinajstić information content (AvgIpc) is 3.95. The van der Waals surface area contributed by atoms with E-state index in [1.54, 1.807) is 0 Å². The van der Waals surface area contributed by atoms with Gasteiger partial charge in [0.25, 0.3) is 0 Å². The first-order chi connectivity index (χ1) is 29.7. The van der Waals surface area contributed by atoms with E-state index in [-0.39, 0.29) is 0 Å². The first-order valence-electron chi connectivity index (χ1n) is 19.9. The van der Waals surface area contributed by atoms with Gasteiger partial charge >= 0.3 is 0 Å². The zero-order valence-electron chi connectivity index (χ0n) is 32.1. The van der Waals surface area contributed by atoms with Gasteiger partial charge in [-0.05, 0) is 59.7 Å². The third-order valence-electron chi connectivity index (χ3n) is 11.5. The zero-order valence-corrected chi connectivity index (χ0v) is 32.9. The third kappa shape index (κ3) is 5.67. The summed E-state index contributed by atoms with van der Waals surface area (Å²) in [5.41, 5.74) is 15.1. The normalized spacial score (nSPS) is 11.7. The fourth-order valence-corrected chi connectivity index (χ4v) is 9.15. The summed E-state index contributed by atoms with van der Waals surface area (Å²) in [4.78, 5) is 15.5. The number of hydrogen-bond acceptors (Lipinski definition) is 6. The number of fused-ring (bicyclic) bond motifs is 8. The minimum atomic E-state index is 0.685. The van der Waals surface area contributed by atoms with Crippen LogP contribution < -0.4 is 0 Å². The maximum absolute atomic E-state index is 5.28. The molecule has 0 saturated heterocycles. The van der Waals surface area contributed by atoms with Crippen LogP contribution in [0.5, 0.6) is 0 Å². The summed E-state index contributed by atoms with van der Waals surface area (Å²) >= 11 is 1.25. The van der Waals surface area contributed by atoms with Crippen molar-refractivity contribution in [1.29, 1.82) is 0 Å². The van der Waals surface area contributed by atoms with E-state index in [0.29, 0.717) is 5.82 Å². The number of pyridine rings is 1. The van der Waals surface area contributed by atoms with Crippen molar-refractivity contribution in [3.8, 4) is 62.0 Å². The van der Waals surface area contributed by atoms with Crippen LogP contribution in [-0.2, 0) is 0 Å². The van der Waals surface area contributed by atoms with Crippen molar-refractivity contribution in [1.82, 2.24) is 28.3 Å². The molecule has 0 aliphatic heterocycles. The maximum Gasteiger partial charge on any atom is 0.160 e. The molecule has 12 aromatic rings.